The summed E-state index contributed by atoms with van der Waals surface area (Å²) in [4.78, 5) is 22.4. The lowest BCUT2D eigenvalue weighted by molar-refractivity contribution is 0.0693. The standard InChI is InChI=1S/C20H32O3S/c1-2-3-4-5-6-7-8-9-10-11-12-13-14-17-16-24-18(15-21)19(17)20(22)23/h15-16H,2-14H2,1H3,(H,22,23). The maximum absolute atomic E-state index is 11.2. The Balaban J connectivity index is 2.04. The van der Waals surface area contributed by atoms with E-state index in [0.717, 1.165) is 24.8 Å². The van der Waals surface area contributed by atoms with Crippen molar-refractivity contribution >= 4 is 23.6 Å². The van der Waals surface area contributed by atoms with Gasteiger partial charge < -0.3 is 5.11 Å². The molecule has 1 heterocycles. The van der Waals surface area contributed by atoms with Crippen LogP contribution in [0.3, 0.4) is 0 Å². The number of carboxylic acids is 1. The number of carbonyl (C=O) groups excluding carboxylic acids is 1. The molecule has 0 atom stereocenters. The minimum Gasteiger partial charge on any atom is -0.478 e. The van der Waals surface area contributed by atoms with Crippen molar-refractivity contribution in [2.24, 2.45) is 0 Å². The Labute approximate surface area is 150 Å². The minimum absolute atomic E-state index is 0.220. The highest BCUT2D eigenvalue weighted by Gasteiger charge is 2.17. The highest BCUT2D eigenvalue weighted by atomic mass is 32.1. The van der Waals surface area contributed by atoms with E-state index in [0.29, 0.717) is 11.2 Å². The van der Waals surface area contributed by atoms with Crippen LogP contribution in [0.15, 0.2) is 5.38 Å². The molecule has 0 saturated heterocycles. The number of aldehydes is 1. The van der Waals surface area contributed by atoms with Crippen LogP contribution in [0, 0.1) is 0 Å². The highest BCUT2D eigenvalue weighted by Crippen LogP contribution is 2.23. The number of rotatable bonds is 15. The summed E-state index contributed by atoms with van der Waals surface area (Å²) in [7, 11) is 0. The van der Waals surface area contributed by atoms with Crippen LogP contribution in [-0.2, 0) is 6.42 Å². The molecule has 0 aliphatic carbocycles. The third kappa shape index (κ3) is 8.09. The monoisotopic (exact) mass is 352 g/mol. The van der Waals surface area contributed by atoms with Gasteiger partial charge in [-0.1, -0.05) is 77.6 Å². The molecular formula is C20H32O3S. The van der Waals surface area contributed by atoms with Crippen molar-refractivity contribution in [1.29, 1.82) is 0 Å². The number of aryl methyl sites for hydroxylation is 1. The average molecular weight is 353 g/mol. The molecule has 0 saturated carbocycles. The molecule has 0 aromatic carbocycles. The van der Waals surface area contributed by atoms with Crippen molar-refractivity contribution in [2.75, 3.05) is 0 Å². The van der Waals surface area contributed by atoms with E-state index in [9.17, 15) is 14.7 Å². The van der Waals surface area contributed by atoms with Gasteiger partial charge in [0.05, 0.1) is 10.4 Å². The van der Waals surface area contributed by atoms with E-state index in [-0.39, 0.29) is 5.56 Å². The topological polar surface area (TPSA) is 54.4 Å². The summed E-state index contributed by atoms with van der Waals surface area (Å²) in [5.41, 5.74) is 1.04. The van der Waals surface area contributed by atoms with Gasteiger partial charge in [-0.15, -0.1) is 11.3 Å². The molecule has 0 aliphatic rings. The Morgan fingerprint density at radius 2 is 1.46 bits per heavy atom. The van der Waals surface area contributed by atoms with E-state index in [1.165, 1.54) is 75.5 Å². The van der Waals surface area contributed by atoms with Crippen LogP contribution in [0.25, 0.3) is 0 Å². The Morgan fingerprint density at radius 1 is 0.958 bits per heavy atom. The number of aromatic carboxylic acids is 1. The Hall–Kier alpha value is -1.16. The summed E-state index contributed by atoms with van der Waals surface area (Å²) in [6.45, 7) is 2.25. The molecule has 4 heteroatoms. The summed E-state index contributed by atoms with van der Waals surface area (Å²) < 4.78 is 0. The van der Waals surface area contributed by atoms with Gasteiger partial charge >= 0.3 is 5.97 Å². The fraction of sp³-hybridized carbons (Fsp3) is 0.700. The van der Waals surface area contributed by atoms with E-state index < -0.39 is 5.97 Å². The summed E-state index contributed by atoms with van der Waals surface area (Å²) in [6.07, 6.45) is 17.0. The molecule has 0 fully saturated rings. The van der Waals surface area contributed by atoms with Crippen molar-refractivity contribution in [1.82, 2.24) is 0 Å². The Bertz CT molecular complexity index is 479. The van der Waals surface area contributed by atoms with Crippen molar-refractivity contribution < 1.29 is 14.7 Å². The van der Waals surface area contributed by atoms with Gasteiger partial charge in [-0.05, 0) is 23.8 Å². The first-order chi connectivity index (χ1) is 11.7. The zero-order chi connectivity index (χ0) is 17.6. The lowest BCUT2D eigenvalue weighted by atomic mass is 10.0. The molecule has 1 rings (SSSR count). The van der Waals surface area contributed by atoms with E-state index in [1.807, 2.05) is 5.38 Å². The van der Waals surface area contributed by atoms with Crippen LogP contribution < -0.4 is 0 Å². The highest BCUT2D eigenvalue weighted by molar-refractivity contribution is 7.12. The first-order valence-electron chi connectivity index (χ1n) is 9.49. The van der Waals surface area contributed by atoms with Crippen LogP contribution in [0.1, 0.15) is 110 Å². The largest absolute Gasteiger partial charge is 0.478 e. The van der Waals surface area contributed by atoms with Crippen LogP contribution in [0.2, 0.25) is 0 Å². The normalized spacial score (nSPS) is 10.9. The quantitative estimate of drug-likeness (QED) is 0.289. The molecule has 1 aromatic rings. The number of hydrogen-bond donors (Lipinski definition) is 1. The van der Waals surface area contributed by atoms with Gasteiger partial charge in [0.1, 0.15) is 0 Å². The van der Waals surface area contributed by atoms with Crippen LogP contribution in [0.4, 0.5) is 0 Å². The molecule has 0 amide bonds. The predicted molar refractivity (Wildman–Crippen MR) is 101 cm³/mol. The van der Waals surface area contributed by atoms with Crippen molar-refractivity contribution in [2.45, 2.75) is 90.4 Å². The Morgan fingerprint density at radius 3 is 1.92 bits per heavy atom. The number of thiophene rings is 1. The van der Waals surface area contributed by atoms with E-state index in [2.05, 4.69) is 6.92 Å². The summed E-state index contributed by atoms with van der Waals surface area (Å²) in [6, 6.07) is 0. The molecule has 1 aromatic heterocycles. The van der Waals surface area contributed by atoms with E-state index in [4.69, 9.17) is 0 Å². The zero-order valence-electron chi connectivity index (χ0n) is 15.0. The number of carbonyl (C=O) groups is 2. The fourth-order valence-corrected chi connectivity index (χ4v) is 3.98. The zero-order valence-corrected chi connectivity index (χ0v) is 15.8. The predicted octanol–water partition coefficient (Wildman–Crippen LogP) is 6.50. The lowest BCUT2D eigenvalue weighted by Gasteiger charge is -2.03. The second-order valence-corrected chi connectivity index (χ2v) is 7.47. The molecule has 3 nitrogen and oxygen atoms in total. The minimum atomic E-state index is -0.979. The van der Waals surface area contributed by atoms with Gasteiger partial charge in [-0.25, -0.2) is 4.79 Å². The fourth-order valence-electron chi connectivity index (χ4n) is 3.08. The smallest absolute Gasteiger partial charge is 0.337 e. The van der Waals surface area contributed by atoms with Crippen LogP contribution in [0.5, 0.6) is 0 Å². The van der Waals surface area contributed by atoms with Crippen LogP contribution >= 0.6 is 11.3 Å². The van der Waals surface area contributed by atoms with E-state index in [1.54, 1.807) is 0 Å². The molecule has 0 bridgehead atoms. The molecule has 0 unspecified atom stereocenters. The lowest BCUT2D eigenvalue weighted by Crippen LogP contribution is -2.02. The van der Waals surface area contributed by atoms with Crippen molar-refractivity contribution in [3.05, 3.63) is 21.4 Å². The van der Waals surface area contributed by atoms with Gasteiger partial charge in [0.15, 0.2) is 6.29 Å². The van der Waals surface area contributed by atoms with Crippen LogP contribution in [-0.4, -0.2) is 17.4 Å². The van der Waals surface area contributed by atoms with E-state index >= 15 is 0 Å². The molecule has 0 spiro atoms. The molecule has 0 aliphatic heterocycles. The van der Waals surface area contributed by atoms with Crippen molar-refractivity contribution in [3.8, 4) is 0 Å². The van der Waals surface area contributed by atoms with Crippen molar-refractivity contribution in [3.63, 3.8) is 0 Å². The van der Waals surface area contributed by atoms with Gasteiger partial charge in [0.25, 0.3) is 0 Å². The molecule has 24 heavy (non-hydrogen) atoms. The third-order valence-electron chi connectivity index (χ3n) is 4.52. The molecule has 0 radical (unpaired) electrons. The summed E-state index contributed by atoms with van der Waals surface area (Å²) in [5.74, 6) is -0.979. The number of carboxylic acid groups (broad SMARTS) is 1. The number of hydrogen-bond acceptors (Lipinski definition) is 3. The maximum atomic E-state index is 11.2. The summed E-state index contributed by atoms with van der Waals surface area (Å²) >= 11 is 1.24. The van der Waals surface area contributed by atoms with Gasteiger partial charge in [0.2, 0.25) is 0 Å². The second-order valence-electron chi connectivity index (χ2n) is 6.56. The molecule has 136 valence electrons. The van der Waals surface area contributed by atoms with Gasteiger partial charge in [-0.2, -0.15) is 0 Å². The first kappa shape index (κ1) is 20.9. The third-order valence-corrected chi connectivity index (χ3v) is 5.47. The second kappa shape index (κ2) is 13.2. The average Bonchev–Trinajstić information content (AvgIpc) is 2.99. The molecular weight excluding hydrogens is 320 g/mol. The number of unbranched alkanes of at least 4 members (excludes halogenated alkanes) is 11. The Kier molecular flexibility index (Phi) is 11.5. The maximum Gasteiger partial charge on any atom is 0.337 e. The molecule has 1 N–H and O–H groups in total. The summed E-state index contributed by atoms with van der Waals surface area (Å²) in [5, 5.41) is 11.0. The van der Waals surface area contributed by atoms with Gasteiger partial charge in [-0.3, -0.25) is 4.79 Å². The SMILES string of the molecule is CCCCCCCCCCCCCCc1csc(C=O)c1C(=O)O. The first-order valence-corrected chi connectivity index (χ1v) is 10.4. The van der Waals surface area contributed by atoms with Gasteiger partial charge in [0, 0.05) is 0 Å².